The highest BCUT2D eigenvalue weighted by molar-refractivity contribution is 9.10. The van der Waals surface area contributed by atoms with Crippen molar-refractivity contribution in [2.75, 3.05) is 26.2 Å². The molecule has 1 aliphatic heterocycles. The van der Waals surface area contributed by atoms with Crippen molar-refractivity contribution in [2.24, 2.45) is 0 Å². The number of hydrogen-bond acceptors (Lipinski definition) is 3. The summed E-state index contributed by atoms with van der Waals surface area (Å²) in [6, 6.07) is 7.99. The van der Waals surface area contributed by atoms with Gasteiger partial charge in [0.15, 0.2) is 5.78 Å². The molecular weight excluding hydrogens is 304 g/mol. The normalized spacial score (nSPS) is 17.4. The average Bonchev–Trinajstić information content (AvgIpc) is 2.42. The van der Waals surface area contributed by atoms with Crippen molar-refractivity contribution in [3.63, 3.8) is 0 Å². The van der Waals surface area contributed by atoms with E-state index in [1.165, 1.54) is 0 Å². The SMILES string of the molecule is CC(C)(C(=O)Cc1ccc(Br)cc1)N1CCNCC1. The molecule has 2 rings (SSSR count). The molecule has 0 radical (unpaired) electrons. The molecule has 1 N–H and O–H groups in total. The van der Waals surface area contributed by atoms with Gasteiger partial charge in [0, 0.05) is 37.1 Å². The number of Topliss-reactive ketones (excluding diaryl/α,β-unsaturated/α-hetero) is 1. The van der Waals surface area contributed by atoms with Crippen molar-refractivity contribution < 1.29 is 4.79 Å². The van der Waals surface area contributed by atoms with Crippen LogP contribution in [0.15, 0.2) is 28.7 Å². The van der Waals surface area contributed by atoms with Crippen LogP contribution in [0, 0.1) is 0 Å². The largest absolute Gasteiger partial charge is 0.314 e. The van der Waals surface area contributed by atoms with Crippen LogP contribution < -0.4 is 5.32 Å². The van der Waals surface area contributed by atoms with Crippen molar-refractivity contribution in [1.29, 1.82) is 0 Å². The van der Waals surface area contributed by atoms with Gasteiger partial charge in [0.25, 0.3) is 0 Å². The van der Waals surface area contributed by atoms with Crippen LogP contribution in [0.2, 0.25) is 0 Å². The van der Waals surface area contributed by atoms with Crippen LogP contribution >= 0.6 is 15.9 Å². The molecule has 0 amide bonds. The molecule has 1 fully saturated rings. The van der Waals surface area contributed by atoms with Gasteiger partial charge in [-0.2, -0.15) is 0 Å². The fourth-order valence-electron chi connectivity index (χ4n) is 2.40. The second kappa shape index (κ2) is 6.16. The quantitative estimate of drug-likeness (QED) is 0.922. The molecule has 1 aromatic carbocycles. The van der Waals surface area contributed by atoms with Crippen molar-refractivity contribution in [3.05, 3.63) is 34.3 Å². The molecule has 0 saturated carbocycles. The lowest BCUT2D eigenvalue weighted by Crippen LogP contribution is -2.57. The van der Waals surface area contributed by atoms with E-state index in [-0.39, 0.29) is 11.3 Å². The molecule has 104 valence electrons. The minimum absolute atomic E-state index is 0.289. The van der Waals surface area contributed by atoms with Crippen LogP contribution in [0.1, 0.15) is 19.4 Å². The van der Waals surface area contributed by atoms with Gasteiger partial charge in [-0.25, -0.2) is 0 Å². The standard InChI is InChI=1S/C15H21BrN2O/c1-15(2,18-9-7-17-8-10-18)14(19)11-12-3-5-13(16)6-4-12/h3-6,17H,7-11H2,1-2H3. The summed E-state index contributed by atoms with van der Waals surface area (Å²) in [7, 11) is 0. The Labute approximate surface area is 123 Å². The third-order valence-corrected chi connectivity index (χ3v) is 4.40. The molecule has 3 nitrogen and oxygen atoms in total. The molecule has 4 heteroatoms. The van der Waals surface area contributed by atoms with E-state index in [0.717, 1.165) is 36.2 Å². The Kier molecular flexibility index (Phi) is 4.76. The molecule has 0 unspecified atom stereocenters. The summed E-state index contributed by atoms with van der Waals surface area (Å²) in [5, 5.41) is 3.32. The van der Waals surface area contributed by atoms with Gasteiger partial charge < -0.3 is 5.32 Å². The summed E-state index contributed by atoms with van der Waals surface area (Å²) in [5.74, 6) is 0.289. The summed E-state index contributed by atoms with van der Waals surface area (Å²) in [4.78, 5) is 14.8. The number of piperazine rings is 1. The van der Waals surface area contributed by atoms with Gasteiger partial charge in [-0.15, -0.1) is 0 Å². The number of carbonyl (C=O) groups is 1. The zero-order valence-corrected chi connectivity index (χ0v) is 13.2. The number of ketones is 1. The Morgan fingerprint density at radius 1 is 1.26 bits per heavy atom. The zero-order chi connectivity index (χ0) is 13.9. The van der Waals surface area contributed by atoms with Gasteiger partial charge >= 0.3 is 0 Å². The number of hydrogen-bond donors (Lipinski definition) is 1. The summed E-state index contributed by atoms with van der Waals surface area (Å²) in [6.07, 6.45) is 0.504. The topological polar surface area (TPSA) is 32.3 Å². The van der Waals surface area contributed by atoms with Gasteiger partial charge in [0.2, 0.25) is 0 Å². The molecule has 0 aliphatic carbocycles. The molecule has 1 aliphatic rings. The monoisotopic (exact) mass is 324 g/mol. The molecule has 19 heavy (non-hydrogen) atoms. The molecule has 1 saturated heterocycles. The second-order valence-corrected chi connectivity index (χ2v) is 6.44. The maximum absolute atomic E-state index is 12.5. The predicted molar refractivity (Wildman–Crippen MR) is 81.4 cm³/mol. The minimum Gasteiger partial charge on any atom is -0.314 e. The Bertz CT molecular complexity index is 436. The van der Waals surface area contributed by atoms with Crippen molar-refractivity contribution in [3.8, 4) is 0 Å². The van der Waals surface area contributed by atoms with Crippen molar-refractivity contribution in [2.45, 2.75) is 25.8 Å². The van der Waals surface area contributed by atoms with Crippen LogP contribution in [0.4, 0.5) is 0 Å². The van der Waals surface area contributed by atoms with Gasteiger partial charge in [0.05, 0.1) is 5.54 Å². The molecule has 1 aromatic rings. The van der Waals surface area contributed by atoms with E-state index in [9.17, 15) is 4.79 Å². The van der Waals surface area contributed by atoms with E-state index < -0.39 is 0 Å². The van der Waals surface area contributed by atoms with Gasteiger partial charge in [-0.1, -0.05) is 28.1 Å². The Balaban J connectivity index is 2.03. The highest BCUT2D eigenvalue weighted by Gasteiger charge is 2.34. The third-order valence-electron chi connectivity index (χ3n) is 3.87. The number of halogens is 1. The van der Waals surface area contributed by atoms with E-state index in [2.05, 4.69) is 26.1 Å². The fourth-order valence-corrected chi connectivity index (χ4v) is 2.67. The van der Waals surface area contributed by atoms with E-state index in [1.807, 2.05) is 38.1 Å². The average molecular weight is 325 g/mol. The van der Waals surface area contributed by atoms with Crippen molar-refractivity contribution in [1.82, 2.24) is 10.2 Å². The number of rotatable bonds is 4. The number of benzene rings is 1. The van der Waals surface area contributed by atoms with Crippen LogP contribution in [0.5, 0.6) is 0 Å². The van der Waals surface area contributed by atoms with E-state index in [0.29, 0.717) is 6.42 Å². The lowest BCUT2D eigenvalue weighted by Gasteiger charge is -2.40. The maximum atomic E-state index is 12.5. The first-order valence-corrected chi connectivity index (χ1v) is 7.53. The smallest absolute Gasteiger partial charge is 0.156 e. The van der Waals surface area contributed by atoms with E-state index >= 15 is 0 Å². The first kappa shape index (κ1) is 14.7. The molecule has 0 aromatic heterocycles. The lowest BCUT2D eigenvalue weighted by atomic mass is 9.91. The number of nitrogens with one attached hydrogen (secondary N) is 1. The highest BCUT2D eigenvalue weighted by Crippen LogP contribution is 2.19. The molecule has 0 spiro atoms. The van der Waals surface area contributed by atoms with Crippen LogP contribution in [-0.2, 0) is 11.2 Å². The number of carbonyl (C=O) groups excluding carboxylic acids is 1. The van der Waals surface area contributed by atoms with Crippen LogP contribution in [0.25, 0.3) is 0 Å². The van der Waals surface area contributed by atoms with Crippen LogP contribution in [-0.4, -0.2) is 42.4 Å². The minimum atomic E-state index is -0.380. The highest BCUT2D eigenvalue weighted by atomic mass is 79.9. The van der Waals surface area contributed by atoms with Gasteiger partial charge in [0.1, 0.15) is 0 Å². The Hall–Kier alpha value is -0.710. The molecule has 0 bridgehead atoms. The van der Waals surface area contributed by atoms with E-state index in [4.69, 9.17) is 0 Å². The van der Waals surface area contributed by atoms with Gasteiger partial charge in [-0.3, -0.25) is 9.69 Å². The number of nitrogens with zero attached hydrogens (tertiary/aromatic N) is 1. The Morgan fingerprint density at radius 2 is 1.84 bits per heavy atom. The van der Waals surface area contributed by atoms with E-state index in [1.54, 1.807) is 0 Å². The zero-order valence-electron chi connectivity index (χ0n) is 11.6. The van der Waals surface area contributed by atoms with Gasteiger partial charge in [-0.05, 0) is 31.5 Å². The molecule has 1 heterocycles. The first-order chi connectivity index (χ1) is 9.00. The summed E-state index contributed by atoms with van der Waals surface area (Å²) >= 11 is 3.41. The molecule has 0 atom stereocenters. The fraction of sp³-hybridized carbons (Fsp3) is 0.533. The van der Waals surface area contributed by atoms with Crippen molar-refractivity contribution >= 4 is 21.7 Å². The third kappa shape index (κ3) is 3.65. The maximum Gasteiger partial charge on any atom is 0.156 e. The summed E-state index contributed by atoms with van der Waals surface area (Å²) < 4.78 is 1.05. The van der Waals surface area contributed by atoms with Crippen LogP contribution in [0.3, 0.4) is 0 Å². The summed E-state index contributed by atoms with van der Waals surface area (Å²) in [5.41, 5.74) is 0.700. The Morgan fingerprint density at radius 3 is 2.42 bits per heavy atom. The molecular formula is C15H21BrN2O. The predicted octanol–water partition coefficient (Wildman–Crippen LogP) is 2.24. The first-order valence-electron chi connectivity index (χ1n) is 6.73. The second-order valence-electron chi connectivity index (χ2n) is 5.52. The lowest BCUT2D eigenvalue weighted by molar-refractivity contribution is -0.129. The summed E-state index contributed by atoms with van der Waals surface area (Å²) in [6.45, 7) is 7.90.